The Labute approximate surface area is 210 Å². The second-order valence-electron chi connectivity index (χ2n) is 9.14. The Kier molecular flexibility index (Phi) is 7.10. The standard InChI is InChI=1S/C27H31N5O4/c1-5-36-21-12-10-20(11-13-21)15-28-24(33)22-14-23-25(34)31(4)27(3,17-32(23)30-22)26(35)29-16-19-8-6-18(2)7-9-19/h6-14H,5,15-17H2,1-4H3,(H,28,33)(H,29,35). The number of rotatable bonds is 8. The summed E-state index contributed by atoms with van der Waals surface area (Å²) in [5.41, 5.74) is 2.25. The monoisotopic (exact) mass is 489 g/mol. The van der Waals surface area contributed by atoms with Crippen LogP contribution in [-0.4, -0.2) is 51.6 Å². The number of fused-ring (bicyclic) bond motifs is 1. The third kappa shape index (κ3) is 5.10. The summed E-state index contributed by atoms with van der Waals surface area (Å²) in [6.07, 6.45) is 0. The van der Waals surface area contributed by atoms with Crippen molar-refractivity contribution in [2.75, 3.05) is 13.7 Å². The van der Waals surface area contributed by atoms with E-state index >= 15 is 0 Å². The van der Waals surface area contributed by atoms with Crippen molar-refractivity contribution in [1.29, 1.82) is 0 Å². The number of hydrogen-bond acceptors (Lipinski definition) is 5. The van der Waals surface area contributed by atoms with Gasteiger partial charge in [0.1, 0.15) is 17.0 Å². The van der Waals surface area contributed by atoms with E-state index in [1.807, 2.05) is 62.4 Å². The number of nitrogens with one attached hydrogen (secondary N) is 2. The van der Waals surface area contributed by atoms with Crippen LogP contribution in [0.2, 0.25) is 0 Å². The number of amides is 3. The summed E-state index contributed by atoms with van der Waals surface area (Å²) >= 11 is 0. The molecule has 0 aliphatic carbocycles. The highest BCUT2D eigenvalue weighted by Gasteiger charge is 2.46. The summed E-state index contributed by atoms with van der Waals surface area (Å²) < 4.78 is 6.88. The summed E-state index contributed by atoms with van der Waals surface area (Å²) in [5, 5.41) is 10.1. The van der Waals surface area contributed by atoms with E-state index in [0.29, 0.717) is 19.7 Å². The van der Waals surface area contributed by atoms with E-state index in [1.165, 1.54) is 15.6 Å². The van der Waals surface area contributed by atoms with Gasteiger partial charge in [-0.25, -0.2) is 0 Å². The molecule has 1 atom stereocenters. The molecule has 9 heteroatoms. The molecule has 1 aromatic heterocycles. The molecule has 0 bridgehead atoms. The number of likely N-dealkylation sites (N-methyl/N-ethyl adjacent to an activating group) is 1. The Balaban J connectivity index is 1.43. The highest BCUT2D eigenvalue weighted by molar-refractivity contribution is 6.01. The zero-order valence-corrected chi connectivity index (χ0v) is 21.0. The van der Waals surface area contributed by atoms with Crippen molar-refractivity contribution in [3.63, 3.8) is 0 Å². The minimum Gasteiger partial charge on any atom is -0.494 e. The van der Waals surface area contributed by atoms with E-state index in [-0.39, 0.29) is 29.7 Å². The van der Waals surface area contributed by atoms with E-state index in [0.717, 1.165) is 22.4 Å². The van der Waals surface area contributed by atoms with Crippen LogP contribution in [0.25, 0.3) is 0 Å². The molecule has 3 aromatic rings. The van der Waals surface area contributed by atoms with Gasteiger partial charge in [0.05, 0.1) is 13.2 Å². The molecule has 0 saturated heterocycles. The van der Waals surface area contributed by atoms with Crippen molar-refractivity contribution < 1.29 is 19.1 Å². The lowest BCUT2D eigenvalue weighted by molar-refractivity contribution is -0.132. The van der Waals surface area contributed by atoms with Crippen LogP contribution in [0.15, 0.2) is 54.6 Å². The van der Waals surface area contributed by atoms with Gasteiger partial charge < -0.3 is 20.3 Å². The Morgan fingerprint density at radius 3 is 2.28 bits per heavy atom. The normalized spacial score (nSPS) is 16.9. The first-order chi connectivity index (χ1) is 17.2. The van der Waals surface area contributed by atoms with Gasteiger partial charge in [-0.1, -0.05) is 42.0 Å². The third-order valence-electron chi connectivity index (χ3n) is 6.48. The van der Waals surface area contributed by atoms with Crippen molar-refractivity contribution in [3.05, 3.63) is 82.7 Å². The molecule has 1 unspecified atom stereocenters. The van der Waals surface area contributed by atoms with Crippen molar-refractivity contribution >= 4 is 17.7 Å². The van der Waals surface area contributed by atoms with Crippen LogP contribution in [0.5, 0.6) is 5.75 Å². The first kappa shape index (κ1) is 25.0. The molecule has 9 nitrogen and oxygen atoms in total. The quantitative estimate of drug-likeness (QED) is 0.506. The summed E-state index contributed by atoms with van der Waals surface area (Å²) in [7, 11) is 1.59. The van der Waals surface area contributed by atoms with Gasteiger partial charge in [0.2, 0.25) is 5.91 Å². The van der Waals surface area contributed by atoms with Gasteiger partial charge in [0.25, 0.3) is 11.8 Å². The fraction of sp³-hybridized carbons (Fsp3) is 0.333. The molecule has 4 rings (SSSR count). The lowest BCUT2D eigenvalue weighted by Gasteiger charge is -2.40. The number of ether oxygens (including phenoxy) is 1. The minimum absolute atomic E-state index is 0.127. The summed E-state index contributed by atoms with van der Waals surface area (Å²) in [6, 6.07) is 16.8. The van der Waals surface area contributed by atoms with Gasteiger partial charge in [-0.3, -0.25) is 19.1 Å². The molecule has 2 heterocycles. The Morgan fingerprint density at radius 1 is 1.03 bits per heavy atom. The van der Waals surface area contributed by atoms with Crippen molar-refractivity contribution in [2.24, 2.45) is 0 Å². The number of carbonyl (C=O) groups excluding carboxylic acids is 3. The van der Waals surface area contributed by atoms with Crippen LogP contribution in [0.1, 0.15) is 51.5 Å². The maximum Gasteiger partial charge on any atom is 0.272 e. The van der Waals surface area contributed by atoms with E-state index in [2.05, 4.69) is 15.7 Å². The molecule has 0 radical (unpaired) electrons. The predicted molar refractivity (Wildman–Crippen MR) is 135 cm³/mol. The molecule has 2 N–H and O–H groups in total. The van der Waals surface area contributed by atoms with Crippen LogP contribution in [0.4, 0.5) is 0 Å². The van der Waals surface area contributed by atoms with E-state index in [1.54, 1.807) is 14.0 Å². The van der Waals surface area contributed by atoms with Gasteiger partial charge in [-0.2, -0.15) is 5.10 Å². The zero-order chi connectivity index (χ0) is 25.9. The van der Waals surface area contributed by atoms with Gasteiger partial charge in [-0.15, -0.1) is 0 Å². The van der Waals surface area contributed by atoms with Gasteiger partial charge in [0.15, 0.2) is 5.69 Å². The van der Waals surface area contributed by atoms with Crippen LogP contribution >= 0.6 is 0 Å². The average Bonchev–Trinajstić information content (AvgIpc) is 3.30. The van der Waals surface area contributed by atoms with E-state index in [4.69, 9.17) is 4.74 Å². The zero-order valence-electron chi connectivity index (χ0n) is 21.0. The molecule has 188 valence electrons. The van der Waals surface area contributed by atoms with Crippen LogP contribution in [-0.2, 0) is 24.4 Å². The molecule has 3 amide bonds. The molecule has 2 aromatic carbocycles. The number of nitrogens with zero attached hydrogens (tertiary/aromatic N) is 3. The van der Waals surface area contributed by atoms with Crippen molar-refractivity contribution in [2.45, 2.75) is 45.9 Å². The maximum absolute atomic E-state index is 13.2. The number of benzene rings is 2. The van der Waals surface area contributed by atoms with Gasteiger partial charge >= 0.3 is 0 Å². The highest BCUT2D eigenvalue weighted by atomic mass is 16.5. The molecule has 0 spiro atoms. The minimum atomic E-state index is -1.16. The third-order valence-corrected chi connectivity index (χ3v) is 6.48. The lowest BCUT2D eigenvalue weighted by atomic mass is 9.95. The SMILES string of the molecule is CCOc1ccc(CNC(=O)c2cc3n(n2)CC(C)(C(=O)NCc2ccc(C)cc2)N(C)C3=O)cc1. The van der Waals surface area contributed by atoms with E-state index < -0.39 is 11.4 Å². The second kappa shape index (κ2) is 10.2. The van der Waals surface area contributed by atoms with Crippen molar-refractivity contribution in [1.82, 2.24) is 25.3 Å². The fourth-order valence-electron chi connectivity index (χ4n) is 4.06. The molecular weight excluding hydrogens is 458 g/mol. The lowest BCUT2D eigenvalue weighted by Crippen LogP contribution is -2.62. The molecular formula is C27H31N5O4. The smallest absolute Gasteiger partial charge is 0.272 e. The predicted octanol–water partition coefficient (Wildman–Crippen LogP) is 2.68. The highest BCUT2D eigenvalue weighted by Crippen LogP contribution is 2.26. The average molecular weight is 490 g/mol. The van der Waals surface area contributed by atoms with E-state index in [9.17, 15) is 14.4 Å². The Morgan fingerprint density at radius 2 is 1.64 bits per heavy atom. The number of aromatic nitrogens is 2. The van der Waals surface area contributed by atoms with Gasteiger partial charge in [0, 0.05) is 26.2 Å². The molecule has 1 aliphatic heterocycles. The Bertz CT molecular complexity index is 1270. The van der Waals surface area contributed by atoms with Crippen molar-refractivity contribution in [3.8, 4) is 5.75 Å². The number of hydrogen-bond donors (Lipinski definition) is 2. The molecule has 1 aliphatic rings. The number of carbonyl (C=O) groups is 3. The van der Waals surface area contributed by atoms with Gasteiger partial charge in [-0.05, 0) is 44.0 Å². The topological polar surface area (TPSA) is 106 Å². The molecule has 36 heavy (non-hydrogen) atoms. The summed E-state index contributed by atoms with van der Waals surface area (Å²) in [4.78, 5) is 40.4. The maximum atomic E-state index is 13.2. The molecule has 0 fully saturated rings. The Hall–Kier alpha value is -4.14. The second-order valence-corrected chi connectivity index (χ2v) is 9.14. The molecule has 0 saturated carbocycles. The largest absolute Gasteiger partial charge is 0.494 e. The van der Waals surface area contributed by atoms with Crippen LogP contribution in [0, 0.1) is 6.92 Å². The fourth-order valence-corrected chi connectivity index (χ4v) is 4.06. The first-order valence-electron chi connectivity index (χ1n) is 11.9. The summed E-state index contributed by atoms with van der Waals surface area (Å²) in [6.45, 7) is 7.00. The number of aryl methyl sites for hydroxylation is 1. The van der Waals surface area contributed by atoms with Crippen LogP contribution < -0.4 is 15.4 Å². The van der Waals surface area contributed by atoms with Crippen LogP contribution in [0.3, 0.4) is 0 Å². The summed E-state index contributed by atoms with van der Waals surface area (Å²) in [5.74, 6) is -0.288. The first-order valence-corrected chi connectivity index (χ1v) is 11.9.